The Hall–Kier alpha value is -2.97. The Bertz CT molecular complexity index is 1320. The summed E-state index contributed by atoms with van der Waals surface area (Å²) in [5, 5.41) is 10.8. The average Bonchev–Trinajstić information content (AvgIpc) is 3.60. The minimum atomic E-state index is -1.18. The Morgan fingerprint density at radius 3 is 2.23 bits per heavy atom. The van der Waals surface area contributed by atoms with Crippen LogP contribution in [0.2, 0.25) is 0 Å². The molecule has 2 unspecified atom stereocenters. The van der Waals surface area contributed by atoms with Gasteiger partial charge in [0.25, 0.3) is 0 Å². The van der Waals surface area contributed by atoms with E-state index in [0.29, 0.717) is 45.3 Å². The number of amides is 3. The number of carbonyl (C=O) groups is 3. The van der Waals surface area contributed by atoms with E-state index in [1.54, 1.807) is 22.0 Å². The second-order valence-corrected chi connectivity index (χ2v) is 16.3. The summed E-state index contributed by atoms with van der Waals surface area (Å²) in [6.07, 6.45) is 6.32. The van der Waals surface area contributed by atoms with Crippen molar-refractivity contribution in [2.75, 3.05) is 19.7 Å². The lowest BCUT2D eigenvalue weighted by molar-refractivity contribution is -0.161. The first kappa shape index (κ1) is 36.9. The first-order chi connectivity index (χ1) is 22.0. The van der Waals surface area contributed by atoms with Gasteiger partial charge in [0.05, 0.1) is 30.1 Å². The van der Waals surface area contributed by atoms with Crippen LogP contribution in [0.4, 0.5) is 0 Å². The van der Waals surface area contributed by atoms with E-state index < -0.39 is 40.7 Å². The molecule has 3 fully saturated rings. The van der Waals surface area contributed by atoms with Crippen LogP contribution >= 0.6 is 0 Å². The zero-order valence-electron chi connectivity index (χ0n) is 30.1. The quantitative estimate of drug-likeness (QED) is 0.236. The van der Waals surface area contributed by atoms with Crippen molar-refractivity contribution in [3.8, 4) is 0 Å². The fourth-order valence-electron chi connectivity index (χ4n) is 9.22. The van der Waals surface area contributed by atoms with Crippen LogP contribution in [0.15, 0.2) is 55.6 Å². The summed E-state index contributed by atoms with van der Waals surface area (Å²) >= 11 is 0. The standard InChI is InChI=1S/C39H59N3O5/c1-11-21-40(24-28-17-15-14-16-18-28)33(44)30-31-34(45)42(29(25-43)23-27(4)5)32(39(31)20-19-38(30,13-3)47-39)35(46)41(22-12-2)37(9,10)26-36(6,7)8/h11-12,14-18,27,29-32,43H,1-2,13,19-26H2,3-10H3/t29-,30-,31+,32?,38+,39?/m1/s1. The summed E-state index contributed by atoms with van der Waals surface area (Å²) in [7, 11) is 0. The van der Waals surface area contributed by atoms with E-state index in [4.69, 9.17) is 4.74 Å². The van der Waals surface area contributed by atoms with Crippen molar-refractivity contribution in [3.05, 3.63) is 61.2 Å². The second-order valence-electron chi connectivity index (χ2n) is 16.3. The van der Waals surface area contributed by atoms with Crippen molar-refractivity contribution in [2.24, 2.45) is 23.2 Å². The van der Waals surface area contributed by atoms with Crippen molar-refractivity contribution >= 4 is 17.7 Å². The third-order valence-electron chi connectivity index (χ3n) is 10.6. The number of carbonyl (C=O) groups excluding carboxylic acids is 3. The molecule has 0 radical (unpaired) electrons. The van der Waals surface area contributed by atoms with Crippen LogP contribution in [0.1, 0.15) is 93.1 Å². The number of hydrogen-bond donors (Lipinski definition) is 1. The number of ether oxygens (including phenoxy) is 1. The highest BCUT2D eigenvalue weighted by Gasteiger charge is 2.79. The van der Waals surface area contributed by atoms with Crippen molar-refractivity contribution in [3.63, 3.8) is 0 Å². The van der Waals surface area contributed by atoms with Crippen LogP contribution in [0, 0.1) is 23.2 Å². The van der Waals surface area contributed by atoms with Gasteiger partial charge in [-0.25, -0.2) is 0 Å². The number of aliphatic hydroxyl groups is 1. The summed E-state index contributed by atoms with van der Waals surface area (Å²) in [6, 6.07) is 8.26. The van der Waals surface area contributed by atoms with Crippen molar-refractivity contribution in [2.45, 2.75) is 123 Å². The molecule has 2 bridgehead atoms. The van der Waals surface area contributed by atoms with E-state index in [0.717, 1.165) is 12.0 Å². The van der Waals surface area contributed by atoms with Crippen LogP contribution in [0.5, 0.6) is 0 Å². The molecule has 1 N–H and O–H groups in total. The Morgan fingerprint density at radius 1 is 1.06 bits per heavy atom. The largest absolute Gasteiger partial charge is 0.394 e. The predicted octanol–water partition coefficient (Wildman–Crippen LogP) is 5.99. The highest BCUT2D eigenvalue weighted by atomic mass is 16.5. The summed E-state index contributed by atoms with van der Waals surface area (Å²) in [6.45, 7) is 25.3. The topological polar surface area (TPSA) is 90.4 Å². The van der Waals surface area contributed by atoms with Gasteiger partial charge in [0.2, 0.25) is 17.7 Å². The Balaban J connectivity index is 1.87. The molecule has 6 atom stereocenters. The van der Waals surface area contributed by atoms with Crippen molar-refractivity contribution in [1.29, 1.82) is 0 Å². The summed E-state index contributed by atoms with van der Waals surface area (Å²) in [4.78, 5) is 50.3. The van der Waals surface area contributed by atoms with Gasteiger partial charge in [-0.3, -0.25) is 14.4 Å². The van der Waals surface area contributed by atoms with Gasteiger partial charge in [-0.2, -0.15) is 0 Å². The van der Waals surface area contributed by atoms with Gasteiger partial charge in [-0.05, 0) is 62.8 Å². The number of benzene rings is 1. The molecular weight excluding hydrogens is 590 g/mol. The molecule has 1 spiro atoms. The molecule has 0 saturated carbocycles. The van der Waals surface area contributed by atoms with E-state index in [1.165, 1.54) is 0 Å². The Labute approximate surface area is 283 Å². The molecule has 3 amide bonds. The molecule has 8 heteroatoms. The van der Waals surface area contributed by atoms with E-state index in [-0.39, 0.29) is 35.7 Å². The van der Waals surface area contributed by atoms with Crippen LogP contribution in [0.25, 0.3) is 0 Å². The molecule has 3 heterocycles. The molecule has 8 nitrogen and oxygen atoms in total. The Kier molecular flexibility index (Phi) is 10.9. The highest BCUT2D eigenvalue weighted by Crippen LogP contribution is 2.65. The summed E-state index contributed by atoms with van der Waals surface area (Å²) in [5.74, 6) is -2.04. The van der Waals surface area contributed by atoms with Crippen molar-refractivity contribution in [1.82, 2.24) is 14.7 Å². The molecule has 0 aliphatic carbocycles. The second kappa shape index (κ2) is 13.9. The van der Waals surface area contributed by atoms with Gasteiger partial charge in [0.15, 0.2) is 0 Å². The van der Waals surface area contributed by atoms with E-state index in [1.807, 2.05) is 56.0 Å². The van der Waals surface area contributed by atoms with Gasteiger partial charge in [-0.15, -0.1) is 13.2 Å². The monoisotopic (exact) mass is 649 g/mol. The maximum Gasteiger partial charge on any atom is 0.249 e. The van der Waals surface area contributed by atoms with Gasteiger partial charge in [0.1, 0.15) is 11.6 Å². The Morgan fingerprint density at radius 2 is 1.70 bits per heavy atom. The molecule has 3 saturated heterocycles. The lowest BCUT2D eigenvalue weighted by atomic mass is 9.64. The number of fused-ring (bicyclic) bond motifs is 1. The van der Waals surface area contributed by atoms with E-state index in [2.05, 4.69) is 47.8 Å². The molecule has 1 aromatic rings. The van der Waals surface area contributed by atoms with Crippen LogP contribution in [-0.4, -0.2) is 86.0 Å². The first-order valence-electron chi connectivity index (χ1n) is 17.5. The zero-order valence-corrected chi connectivity index (χ0v) is 30.1. The fraction of sp³-hybridized carbons (Fsp3) is 0.667. The minimum Gasteiger partial charge on any atom is -0.394 e. The number of hydrogen-bond acceptors (Lipinski definition) is 5. The lowest BCUT2D eigenvalue weighted by Crippen LogP contribution is -2.62. The fourth-order valence-corrected chi connectivity index (χ4v) is 9.22. The van der Waals surface area contributed by atoms with Gasteiger partial charge < -0.3 is 24.5 Å². The van der Waals surface area contributed by atoms with Crippen LogP contribution in [0.3, 0.4) is 0 Å². The molecule has 4 rings (SSSR count). The van der Waals surface area contributed by atoms with Gasteiger partial charge in [-0.1, -0.05) is 84.0 Å². The zero-order chi connectivity index (χ0) is 34.9. The molecule has 1 aromatic carbocycles. The maximum absolute atomic E-state index is 15.2. The lowest BCUT2D eigenvalue weighted by Gasteiger charge is -2.46. The van der Waals surface area contributed by atoms with E-state index in [9.17, 15) is 14.7 Å². The average molecular weight is 650 g/mol. The summed E-state index contributed by atoms with van der Waals surface area (Å²) in [5.41, 5.74) is -1.70. The maximum atomic E-state index is 15.2. The van der Waals surface area contributed by atoms with Gasteiger partial charge >= 0.3 is 0 Å². The molecular formula is C39H59N3O5. The number of nitrogens with zero attached hydrogens (tertiary/aromatic N) is 3. The normalized spacial score (nSPS) is 27.6. The molecule has 3 aliphatic rings. The van der Waals surface area contributed by atoms with Crippen LogP contribution < -0.4 is 0 Å². The minimum absolute atomic E-state index is 0.0695. The number of likely N-dealkylation sites (tertiary alicyclic amines) is 1. The van der Waals surface area contributed by atoms with Crippen molar-refractivity contribution < 1.29 is 24.2 Å². The smallest absolute Gasteiger partial charge is 0.249 e. The third kappa shape index (κ3) is 6.82. The molecule has 0 aromatic heterocycles. The summed E-state index contributed by atoms with van der Waals surface area (Å²) < 4.78 is 7.12. The predicted molar refractivity (Wildman–Crippen MR) is 186 cm³/mol. The van der Waals surface area contributed by atoms with Crippen LogP contribution in [-0.2, 0) is 25.7 Å². The third-order valence-corrected chi connectivity index (χ3v) is 10.6. The number of rotatable bonds is 15. The molecule has 47 heavy (non-hydrogen) atoms. The molecule has 3 aliphatic heterocycles. The highest BCUT2D eigenvalue weighted by molar-refractivity contribution is 5.99. The number of aliphatic hydroxyl groups excluding tert-OH is 1. The SMILES string of the molecule is C=CCN(Cc1ccccc1)C(=O)[C@H]1[C@H]2C(=O)N([C@@H](CO)CC(C)C)C(C(=O)N(CC=C)C(C)(C)CC(C)(C)C)C23CC[C@]1(CC)O3. The van der Waals surface area contributed by atoms with Gasteiger partial charge in [0, 0.05) is 25.2 Å². The molecule has 260 valence electrons. The van der Waals surface area contributed by atoms with E-state index >= 15 is 4.79 Å². The first-order valence-corrected chi connectivity index (χ1v) is 17.5.